The summed E-state index contributed by atoms with van der Waals surface area (Å²) in [6, 6.07) is 2.64. The Morgan fingerprint density at radius 3 is 2.75 bits per heavy atom. The molecule has 1 aromatic rings. The number of rotatable bonds is 0. The van der Waals surface area contributed by atoms with Gasteiger partial charge < -0.3 is 4.42 Å². The zero-order valence-electron chi connectivity index (χ0n) is 4.00. The van der Waals surface area contributed by atoms with Gasteiger partial charge in [0, 0.05) is 12.1 Å². The topological polar surface area (TPSA) is 30.2 Å². The van der Waals surface area contributed by atoms with Gasteiger partial charge in [0.15, 0.2) is 10.5 Å². The highest BCUT2D eigenvalue weighted by Gasteiger charge is 1.83. The van der Waals surface area contributed by atoms with Crippen molar-refractivity contribution in [3.8, 4) is 0 Å². The maximum atomic E-state index is 10.4. The second kappa shape index (κ2) is 2.05. The first-order valence-corrected chi connectivity index (χ1v) is 2.51. The molecule has 0 N–H and O–H groups in total. The van der Waals surface area contributed by atoms with Gasteiger partial charge in [0.1, 0.15) is 0 Å². The molecule has 3 heteroatoms. The van der Waals surface area contributed by atoms with Crippen molar-refractivity contribution < 1.29 is 4.42 Å². The summed E-state index contributed by atoms with van der Waals surface area (Å²) in [6.45, 7) is 0. The van der Waals surface area contributed by atoms with Crippen molar-refractivity contribution in [2.45, 2.75) is 5.09 Å². The molecular weight excluding hydrogens is 124 g/mol. The molecule has 0 bridgehead atoms. The summed E-state index contributed by atoms with van der Waals surface area (Å²) in [7, 11) is 0. The van der Waals surface area contributed by atoms with E-state index < -0.39 is 0 Å². The molecule has 0 spiro atoms. The molecule has 0 amide bonds. The van der Waals surface area contributed by atoms with Gasteiger partial charge in [0.2, 0.25) is 0 Å². The summed E-state index contributed by atoms with van der Waals surface area (Å²) in [5.74, 6) is 0. The van der Waals surface area contributed by atoms with Gasteiger partial charge in [-0.25, -0.2) is 0 Å². The predicted octanol–water partition coefficient (Wildman–Crippen LogP) is 0.928. The molecule has 0 saturated carbocycles. The molecule has 0 aromatic carbocycles. The molecule has 42 valence electrons. The van der Waals surface area contributed by atoms with Gasteiger partial charge in [0.25, 0.3) is 0 Å². The molecule has 0 unspecified atom stereocenters. The fourth-order valence-electron chi connectivity index (χ4n) is 0.375. The van der Waals surface area contributed by atoms with Gasteiger partial charge in [-0.3, -0.25) is 4.79 Å². The lowest BCUT2D eigenvalue weighted by atomic mass is 10.5. The lowest BCUT2D eigenvalue weighted by molar-refractivity contribution is 0.455. The maximum absolute atomic E-state index is 10.4. The highest BCUT2D eigenvalue weighted by Crippen LogP contribution is 1.97. The van der Waals surface area contributed by atoms with Crippen LogP contribution in [0.25, 0.3) is 0 Å². The Balaban J connectivity index is 3.28. The summed E-state index contributed by atoms with van der Waals surface area (Å²) in [4.78, 5) is 10.4. The van der Waals surface area contributed by atoms with Crippen molar-refractivity contribution in [2.24, 2.45) is 0 Å². The molecule has 0 aliphatic heterocycles. The van der Waals surface area contributed by atoms with Crippen LogP contribution in [0, 0.1) is 0 Å². The van der Waals surface area contributed by atoms with Crippen LogP contribution in [-0.2, 0) is 0 Å². The highest BCUT2D eigenvalue weighted by atomic mass is 32.1. The largest absolute Gasteiger partial charge is 0.458 e. The fourth-order valence-corrected chi connectivity index (χ4v) is 0.563. The van der Waals surface area contributed by atoms with Crippen LogP contribution in [0.5, 0.6) is 0 Å². The first-order valence-electron chi connectivity index (χ1n) is 2.07. The van der Waals surface area contributed by atoms with Crippen LogP contribution in [0.4, 0.5) is 0 Å². The zero-order chi connectivity index (χ0) is 5.98. The smallest absolute Gasteiger partial charge is 0.185 e. The first-order chi connectivity index (χ1) is 3.79. The van der Waals surface area contributed by atoms with Crippen LogP contribution in [0.15, 0.2) is 32.7 Å². The summed E-state index contributed by atoms with van der Waals surface area (Å²) in [5, 5.41) is 0.345. The number of hydrogen-bond donors (Lipinski definition) is 1. The second-order valence-electron chi connectivity index (χ2n) is 1.31. The van der Waals surface area contributed by atoms with E-state index in [1.807, 2.05) is 0 Å². The van der Waals surface area contributed by atoms with Crippen molar-refractivity contribution in [3.63, 3.8) is 0 Å². The maximum Gasteiger partial charge on any atom is 0.185 e. The fraction of sp³-hybridized carbons (Fsp3) is 0. The van der Waals surface area contributed by atoms with Crippen molar-refractivity contribution in [1.29, 1.82) is 0 Å². The standard InChI is InChI=1S/C5H4O2S/c6-4-1-2-7-5(8)3-4/h1-3,8H. The Morgan fingerprint density at radius 2 is 2.38 bits per heavy atom. The van der Waals surface area contributed by atoms with Crippen LogP contribution in [-0.4, -0.2) is 0 Å². The minimum atomic E-state index is -0.0822. The Bertz CT molecular complexity index is 228. The minimum Gasteiger partial charge on any atom is -0.458 e. The third-order valence-corrected chi connectivity index (χ3v) is 0.921. The van der Waals surface area contributed by atoms with Crippen molar-refractivity contribution in [2.75, 3.05) is 0 Å². The third-order valence-electron chi connectivity index (χ3n) is 0.687. The zero-order valence-corrected chi connectivity index (χ0v) is 4.89. The molecule has 0 fully saturated rings. The van der Waals surface area contributed by atoms with Gasteiger partial charge in [-0.2, -0.15) is 0 Å². The molecule has 1 aromatic heterocycles. The van der Waals surface area contributed by atoms with Crippen LogP contribution >= 0.6 is 12.6 Å². The van der Waals surface area contributed by atoms with Gasteiger partial charge in [-0.15, -0.1) is 12.6 Å². The lowest BCUT2D eigenvalue weighted by Crippen LogP contribution is -1.92. The predicted molar refractivity (Wildman–Crippen MR) is 32.2 cm³/mol. The van der Waals surface area contributed by atoms with E-state index >= 15 is 0 Å². The first kappa shape index (κ1) is 5.44. The summed E-state index contributed by atoms with van der Waals surface area (Å²) in [6.07, 6.45) is 1.31. The Hall–Kier alpha value is -0.700. The van der Waals surface area contributed by atoms with E-state index in [2.05, 4.69) is 17.0 Å². The normalized spacial score (nSPS) is 9.12. The van der Waals surface area contributed by atoms with Crippen LogP contribution in [0.2, 0.25) is 0 Å². The van der Waals surface area contributed by atoms with Crippen LogP contribution < -0.4 is 5.43 Å². The SMILES string of the molecule is O=c1ccoc(S)c1. The summed E-state index contributed by atoms with van der Waals surface area (Å²) in [5.41, 5.74) is -0.0822. The summed E-state index contributed by atoms with van der Waals surface area (Å²) < 4.78 is 4.67. The van der Waals surface area contributed by atoms with E-state index in [1.54, 1.807) is 0 Å². The van der Waals surface area contributed by atoms with Gasteiger partial charge in [-0.1, -0.05) is 0 Å². The average molecular weight is 128 g/mol. The molecule has 1 rings (SSSR count). The van der Waals surface area contributed by atoms with E-state index in [1.165, 1.54) is 18.4 Å². The lowest BCUT2D eigenvalue weighted by Gasteiger charge is -1.82. The monoisotopic (exact) mass is 128 g/mol. The van der Waals surface area contributed by atoms with E-state index in [-0.39, 0.29) is 5.43 Å². The van der Waals surface area contributed by atoms with Crippen molar-refractivity contribution >= 4 is 12.6 Å². The number of hydrogen-bond acceptors (Lipinski definition) is 3. The molecule has 0 radical (unpaired) electrons. The van der Waals surface area contributed by atoms with E-state index in [0.29, 0.717) is 5.09 Å². The molecule has 0 aliphatic rings. The Morgan fingerprint density at radius 1 is 1.62 bits per heavy atom. The third kappa shape index (κ3) is 1.13. The highest BCUT2D eigenvalue weighted by molar-refractivity contribution is 7.80. The molecule has 8 heavy (non-hydrogen) atoms. The Labute approximate surface area is 51.6 Å². The van der Waals surface area contributed by atoms with Crippen molar-refractivity contribution in [3.05, 3.63) is 28.6 Å². The molecule has 0 aliphatic carbocycles. The molecule has 0 saturated heterocycles. The summed E-state index contributed by atoms with van der Waals surface area (Å²) >= 11 is 3.79. The van der Waals surface area contributed by atoms with E-state index in [4.69, 9.17) is 0 Å². The molecule has 0 atom stereocenters. The number of thiol groups is 1. The van der Waals surface area contributed by atoms with Crippen molar-refractivity contribution in [1.82, 2.24) is 0 Å². The molecule has 2 nitrogen and oxygen atoms in total. The average Bonchev–Trinajstić information content (AvgIpc) is 1.64. The van der Waals surface area contributed by atoms with Crippen LogP contribution in [0.3, 0.4) is 0 Å². The second-order valence-corrected chi connectivity index (χ2v) is 1.75. The Kier molecular flexibility index (Phi) is 1.39. The van der Waals surface area contributed by atoms with Gasteiger partial charge in [0.05, 0.1) is 6.26 Å². The van der Waals surface area contributed by atoms with Gasteiger partial charge in [-0.05, 0) is 0 Å². The molecular formula is C5H4O2S. The van der Waals surface area contributed by atoms with Crippen LogP contribution in [0.1, 0.15) is 0 Å². The minimum absolute atomic E-state index is 0.0822. The van der Waals surface area contributed by atoms with E-state index in [0.717, 1.165) is 0 Å². The molecule has 1 heterocycles. The van der Waals surface area contributed by atoms with E-state index in [9.17, 15) is 4.79 Å². The van der Waals surface area contributed by atoms with Gasteiger partial charge >= 0.3 is 0 Å². The quantitative estimate of drug-likeness (QED) is 0.527.